The Bertz CT molecular complexity index is 412. The summed E-state index contributed by atoms with van der Waals surface area (Å²) in [4.78, 5) is 0. The quantitative estimate of drug-likeness (QED) is 0.405. The van der Waals surface area contributed by atoms with Crippen molar-refractivity contribution >= 4 is 107 Å². The molecule has 0 saturated heterocycles. The van der Waals surface area contributed by atoms with Gasteiger partial charge in [0.25, 0.3) is 0 Å². The van der Waals surface area contributed by atoms with E-state index in [0.717, 1.165) is 59.8 Å². The molecule has 0 fully saturated rings. The van der Waals surface area contributed by atoms with Crippen LogP contribution in [0.25, 0.3) is 0 Å². The number of rotatable bonds is 0. The molecule has 0 aromatic rings. The van der Waals surface area contributed by atoms with Gasteiger partial charge in [-0.3, -0.25) is 0 Å². The van der Waals surface area contributed by atoms with E-state index in [4.69, 9.17) is 0 Å². The van der Waals surface area contributed by atoms with Crippen LogP contribution in [0, 0.1) is 0 Å². The fourth-order valence-corrected chi connectivity index (χ4v) is 24.5. The molecule has 4 aliphatic rings. The van der Waals surface area contributed by atoms with Gasteiger partial charge in [0, 0.05) is 0 Å². The molecule has 4 heterocycles. The molecule has 4 rings (SSSR count). The van der Waals surface area contributed by atoms with E-state index in [9.17, 15) is 0 Å². The summed E-state index contributed by atoms with van der Waals surface area (Å²) in [6, 6.07) is 0. The van der Waals surface area contributed by atoms with E-state index in [1.807, 2.05) is 0 Å². The van der Waals surface area contributed by atoms with Gasteiger partial charge in [-0.2, -0.15) is 0 Å². The van der Waals surface area contributed by atoms with Crippen molar-refractivity contribution in [2.45, 2.75) is 21.3 Å². The van der Waals surface area contributed by atoms with Crippen molar-refractivity contribution in [3.05, 3.63) is 23.7 Å². The molecule has 0 atom stereocenters. The van der Waals surface area contributed by atoms with Gasteiger partial charge in [0.05, 0.1) is 0 Å². The van der Waals surface area contributed by atoms with Gasteiger partial charge in [-0.1, -0.05) is 0 Å². The van der Waals surface area contributed by atoms with E-state index >= 15 is 0 Å². The summed E-state index contributed by atoms with van der Waals surface area (Å²) >= 11 is 11.8. The Labute approximate surface area is 150 Å². The first kappa shape index (κ1) is 14.3. The zero-order valence-corrected chi connectivity index (χ0v) is 19.2. The van der Waals surface area contributed by atoms with Crippen molar-refractivity contribution in [3.8, 4) is 0 Å². The van der Waals surface area contributed by atoms with Crippen LogP contribution in [0.3, 0.4) is 0 Å². The molecule has 0 aliphatic carbocycles. The summed E-state index contributed by atoms with van der Waals surface area (Å²) < 4.78 is 10.5. The van der Waals surface area contributed by atoms with Gasteiger partial charge in [0.1, 0.15) is 0 Å². The zero-order valence-electron chi connectivity index (χ0n) is 9.09. The fraction of sp³-hybridized carbons (Fsp3) is 0.400. The van der Waals surface area contributed by atoms with Crippen LogP contribution in [0.15, 0.2) is 23.7 Å². The second-order valence-corrected chi connectivity index (χ2v) is 19.7. The van der Waals surface area contributed by atoms with Crippen LogP contribution < -0.4 is 0 Å². The van der Waals surface area contributed by atoms with Gasteiger partial charge in [-0.05, 0) is 0 Å². The Morgan fingerprint density at radius 2 is 1.22 bits per heavy atom. The molecule has 0 aromatic carbocycles. The molecule has 0 nitrogen and oxygen atoms in total. The number of hydrogen-bond acceptors (Lipinski definition) is 4. The first-order chi connectivity index (χ1) is 8.90. The predicted octanol–water partition coefficient (Wildman–Crippen LogP) is 3.84. The molecule has 4 aliphatic heterocycles. The Kier molecular flexibility index (Phi) is 5.12. The molecule has 0 saturated carbocycles. The molecular formula is C10H8S4Se4+2. The van der Waals surface area contributed by atoms with Gasteiger partial charge in [0.15, 0.2) is 0 Å². The fourth-order valence-electron chi connectivity index (χ4n) is 1.60. The molecule has 2 radical (unpaired) electrons. The van der Waals surface area contributed by atoms with Crippen LogP contribution in [-0.2, 0) is 0 Å². The van der Waals surface area contributed by atoms with Crippen LogP contribution in [0.4, 0.5) is 0 Å². The van der Waals surface area contributed by atoms with Crippen molar-refractivity contribution in [1.29, 1.82) is 0 Å². The van der Waals surface area contributed by atoms with E-state index in [-0.39, 0.29) is 0 Å². The van der Waals surface area contributed by atoms with Crippen molar-refractivity contribution in [2.75, 3.05) is 0 Å². The standard InChI is InChI=1S/C10H8S4Se4/c1-2-16-8-7(15-1)11-5(12-8)6-13-9-10(14-6)18-4-3-17-9/h1-4H2/q+2. The first-order valence-electron chi connectivity index (χ1n) is 5.35. The molecule has 0 N–H and O–H groups in total. The minimum atomic E-state index is 0.810. The number of thioether (sulfide) groups is 4. The Balaban J connectivity index is 1.54. The molecular weight excluding hydrogens is 564 g/mol. The predicted molar refractivity (Wildman–Crippen MR) is 93.7 cm³/mol. The zero-order chi connectivity index (χ0) is 11.9. The second kappa shape index (κ2) is 6.44. The van der Waals surface area contributed by atoms with E-state index in [1.165, 1.54) is 21.3 Å². The molecule has 18 heavy (non-hydrogen) atoms. The topological polar surface area (TPSA) is 0 Å². The molecule has 0 aromatic heterocycles. The Morgan fingerprint density at radius 1 is 0.722 bits per heavy atom. The average molecular weight is 572 g/mol. The molecule has 0 spiro atoms. The Morgan fingerprint density at radius 3 is 1.67 bits per heavy atom. The second-order valence-electron chi connectivity index (χ2n) is 3.53. The molecule has 0 bridgehead atoms. The summed E-state index contributed by atoms with van der Waals surface area (Å²) in [6.07, 6.45) is 0. The van der Waals surface area contributed by atoms with Crippen LogP contribution >= 0.6 is 47.0 Å². The number of hydrogen-bond donors (Lipinski definition) is 0. The minimum absolute atomic E-state index is 0.810. The average Bonchev–Trinajstić information content (AvgIpc) is 3.02. The summed E-state index contributed by atoms with van der Waals surface area (Å²) in [5, 5.41) is 6.01. The van der Waals surface area contributed by atoms with Crippen molar-refractivity contribution < 1.29 is 0 Å². The van der Waals surface area contributed by atoms with Gasteiger partial charge in [0.2, 0.25) is 0 Å². The van der Waals surface area contributed by atoms with Crippen molar-refractivity contribution in [2.24, 2.45) is 0 Å². The normalized spacial score (nSPS) is 28.0. The third kappa shape index (κ3) is 2.93. The van der Waals surface area contributed by atoms with E-state index in [1.54, 1.807) is 23.7 Å². The van der Waals surface area contributed by atoms with E-state index in [0.29, 0.717) is 0 Å². The monoisotopic (exact) mass is 576 g/mol. The summed E-state index contributed by atoms with van der Waals surface area (Å²) in [7, 11) is 0. The van der Waals surface area contributed by atoms with Crippen molar-refractivity contribution in [3.63, 3.8) is 0 Å². The first-order valence-corrected chi connectivity index (χ1v) is 16.9. The van der Waals surface area contributed by atoms with Crippen molar-refractivity contribution in [1.82, 2.24) is 0 Å². The van der Waals surface area contributed by atoms with E-state index in [2.05, 4.69) is 47.0 Å². The van der Waals surface area contributed by atoms with Gasteiger partial charge < -0.3 is 0 Å². The van der Waals surface area contributed by atoms with Crippen LogP contribution in [0.5, 0.6) is 0 Å². The third-order valence-corrected chi connectivity index (χ3v) is 24.2. The summed E-state index contributed by atoms with van der Waals surface area (Å²) in [5.74, 6) is 0. The van der Waals surface area contributed by atoms with Gasteiger partial charge in [-0.25, -0.2) is 0 Å². The molecule has 8 heteroatoms. The summed E-state index contributed by atoms with van der Waals surface area (Å²) in [5.41, 5.74) is 0. The Hall–Kier alpha value is 2.70. The van der Waals surface area contributed by atoms with E-state index < -0.39 is 0 Å². The van der Waals surface area contributed by atoms with Crippen LogP contribution in [0.2, 0.25) is 21.3 Å². The third-order valence-electron chi connectivity index (χ3n) is 2.34. The van der Waals surface area contributed by atoms with Gasteiger partial charge >= 0.3 is 152 Å². The molecule has 94 valence electrons. The summed E-state index contributed by atoms with van der Waals surface area (Å²) in [6.45, 7) is 0. The SMILES string of the molecule is C1C[Se+]C2=C(SC(=C3SC4=C(S3)[Se+]CC[Se]4)S2)[Se]1. The maximum atomic E-state index is 2.15. The van der Waals surface area contributed by atoms with Crippen LogP contribution in [0.1, 0.15) is 0 Å². The maximum absolute atomic E-state index is 2.15. The van der Waals surface area contributed by atoms with Crippen LogP contribution in [-0.4, -0.2) is 59.8 Å². The van der Waals surface area contributed by atoms with Gasteiger partial charge in [-0.15, -0.1) is 0 Å². The molecule has 0 unspecified atom stereocenters. The molecule has 0 amide bonds.